The summed E-state index contributed by atoms with van der Waals surface area (Å²) in [6.07, 6.45) is 3.31. The second kappa shape index (κ2) is 8.41. The van der Waals surface area contributed by atoms with Crippen LogP contribution in [0.4, 0.5) is 5.69 Å². The average Bonchev–Trinajstić information content (AvgIpc) is 2.59. The molecule has 0 spiro atoms. The molecule has 0 unspecified atom stereocenters. The van der Waals surface area contributed by atoms with Crippen molar-refractivity contribution in [3.05, 3.63) is 53.6 Å². The van der Waals surface area contributed by atoms with Crippen LogP contribution in [0, 0.1) is 0 Å². The molecule has 0 aliphatic heterocycles. The number of nitrogens with one attached hydrogen (secondary N) is 1. The Kier molecular flexibility index (Phi) is 6.48. The maximum absolute atomic E-state index is 12.4. The SMILES string of the molecule is CCN(Cc1ccc(C(=O)Nc2cnc(C(C)(C)C)nc2)cc1)C(C)C. The van der Waals surface area contributed by atoms with Gasteiger partial charge in [-0.15, -0.1) is 0 Å². The third-order valence-corrected chi connectivity index (χ3v) is 4.32. The lowest BCUT2D eigenvalue weighted by Crippen LogP contribution is -2.29. The predicted molar refractivity (Wildman–Crippen MR) is 106 cm³/mol. The second-order valence-corrected chi connectivity index (χ2v) is 7.85. The fourth-order valence-corrected chi connectivity index (χ4v) is 2.64. The van der Waals surface area contributed by atoms with Crippen molar-refractivity contribution in [2.45, 2.75) is 59.5 Å². The molecule has 0 saturated carbocycles. The monoisotopic (exact) mass is 354 g/mol. The van der Waals surface area contributed by atoms with Crippen LogP contribution in [-0.2, 0) is 12.0 Å². The van der Waals surface area contributed by atoms with Gasteiger partial charge in [-0.1, -0.05) is 39.8 Å². The number of anilines is 1. The summed E-state index contributed by atoms with van der Waals surface area (Å²) in [6, 6.07) is 8.25. The molecule has 1 heterocycles. The number of carbonyl (C=O) groups excluding carboxylic acids is 1. The lowest BCUT2D eigenvalue weighted by Gasteiger charge is -2.24. The number of carbonyl (C=O) groups is 1. The summed E-state index contributed by atoms with van der Waals surface area (Å²) >= 11 is 0. The standard InChI is InChI=1S/C21H30N4O/c1-7-25(15(2)3)14-16-8-10-17(11-9-16)19(26)24-18-12-22-20(23-13-18)21(4,5)6/h8-13,15H,7,14H2,1-6H3,(H,24,26). The van der Waals surface area contributed by atoms with Crippen LogP contribution in [0.15, 0.2) is 36.7 Å². The first-order valence-electron chi connectivity index (χ1n) is 9.17. The summed E-state index contributed by atoms with van der Waals surface area (Å²) in [6.45, 7) is 14.6. The van der Waals surface area contributed by atoms with Crippen LogP contribution in [0.2, 0.25) is 0 Å². The van der Waals surface area contributed by atoms with Crippen LogP contribution < -0.4 is 5.32 Å². The van der Waals surface area contributed by atoms with Crippen molar-refractivity contribution in [2.24, 2.45) is 0 Å². The van der Waals surface area contributed by atoms with Gasteiger partial charge in [0.2, 0.25) is 0 Å². The Labute approximate surface area is 156 Å². The van der Waals surface area contributed by atoms with Gasteiger partial charge in [-0.25, -0.2) is 9.97 Å². The topological polar surface area (TPSA) is 58.1 Å². The van der Waals surface area contributed by atoms with Gasteiger partial charge in [-0.05, 0) is 38.1 Å². The number of aromatic nitrogens is 2. The van der Waals surface area contributed by atoms with E-state index in [2.05, 4.69) is 61.7 Å². The maximum atomic E-state index is 12.4. The number of amides is 1. The molecular weight excluding hydrogens is 324 g/mol. The van der Waals surface area contributed by atoms with Crippen LogP contribution in [0.3, 0.4) is 0 Å². The highest BCUT2D eigenvalue weighted by atomic mass is 16.1. The summed E-state index contributed by atoms with van der Waals surface area (Å²) in [5.74, 6) is 0.602. The Morgan fingerprint density at radius 3 is 2.15 bits per heavy atom. The zero-order valence-electron chi connectivity index (χ0n) is 16.7. The van der Waals surface area contributed by atoms with Crippen LogP contribution in [0.5, 0.6) is 0 Å². The van der Waals surface area contributed by atoms with Gasteiger partial charge in [-0.3, -0.25) is 9.69 Å². The van der Waals surface area contributed by atoms with E-state index in [1.165, 1.54) is 5.56 Å². The van der Waals surface area contributed by atoms with Crippen molar-refractivity contribution in [1.29, 1.82) is 0 Å². The highest BCUT2D eigenvalue weighted by molar-refractivity contribution is 6.04. The average molecular weight is 354 g/mol. The Morgan fingerprint density at radius 1 is 1.12 bits per heavy atom. The van der Waals surface area contributed by atoms with Crippen molar-refractivity contribution < 1.29 is 4.79 Å². The zero-order chi connectivity index (χ0) is 19.3. The third-order valence-electron chi connectivity index (χ3n) is 4.32. The fraction of sp³-hybridized carbons (Fsp3) is 0.476. The van der Waals surface area contributed by atoms with E-state index in [0.717, 1.165) is 18.9 Å². The Balaban J connectivity index is 2.01. The summed E-state index contributed by atoms with van der Waals surface area (Å²) in [4.78, 5) is 23.5. The molecule has 0 atom stereocenters. The van der Waals surface area contributed by atoms with E-state index in [0.29, 0.717) is 17.3 Å². The van der Waals surface area contributed by atoms with Crippen molar-refractivity contribution in [2.75, 3.05) is 11.9 Å². The van der Waals surface area contributed by atoms with Gasteiger partial charge < -0.3 is 5.32 Å². The number of hydrogen-bond donors (Lipinski definition) is 1. The highest BCUT2D eigenvalue weighted by Crippen LogP contribution is 2.18. The number of benzene rings is 1. The molecule has 2 rings (SSSR count). The lowest BCUT2D eigenvalue weighted by atomic mass is 9.96. The molecule has 0 radical (unpaired) electrons. The van der Waals surface area contributed by atoms with Crippen molar-refractivity contribution >= 4 is 11.6 Å². The second-order valence-electron chi connectivity index (χ2n) is 7.85. The highest BCUT2D eigenvalue weighted by Gasteiger charge is 2.17. The van der Waals surface area contributed by atoms with Gasteiger partial charge in [-0.2, -0.15) is 0 Å². The number of hydrogen-bond acceptors (Lipinski definition) is 4. The van der Waals surface area contributed by atoms with Gasteiger partial charge in [0.25, 0.3) is 5.91 Å². The fourth-order valence-electron chi connectivity index (χ4n) is 2.64. The molecule has 5 nitrogen and oxygen atoms in total. The molecule has 0 aliphatic rings. The minimum Gasteiger partial charge on any atom is -0.319 e. The summed E-state index contributed by atoms with van der Waals surface area (Å²) in [5.41, 5.74) is 2.32. The molecule has 0 saturated heterocycles. The van der Waals surface area contributed by atoms with Crippen molar-refractivity contribution in [1.82, 2.24) is 14.9 Å². The van der Waals surface area contributed by atoms with E-state index < -0.39 is 0 Å². The first kappa shape index (κ1) is 20.0. The lowest BCUT2D eigenvalue weighted by molar-refractivity contribution is 0.102. The maximum Gasteiger partial charge on any atom is 0.255 e. The van der Waals surface area contributed by atoms with E-state index >= 15 is 0 Å². The summed E-state index contributed by atoms with van der Waals surface area (Å²) in [7, 11) is 0. The molecule has 140 valence electrons. The molecule has 1 amide bonds. The molecular formula is C21H30N4O. The molecule has 0 fully saturated rings. The molecule has 0 aliphatic carbocycles. The van der Waals surface area contributed by atoms with Gasteiger partial charge in [0, 0.05) is 23.6 Å². The van der Waals surface area contributed by atoms with Gasteiger partial charge in [0.15, 0.2) is 0 Å². The molecule has 26 heavy (non-hydrogen) atoms. The Bertz CT molecular complexity index is 715. The largest absolute Gasteiger partial charge is 0.319 e. The van der Waals surface area contributed by atoms with E-state index in [1.807, 2.05) is 24.3 Å². The first-order chi connectivity index (χ1) is 12.2. The molecule has 1 aromatic heterocycles. The van der Waals surface area contributed by atoms with Gasteiger partial charge in [0.1, 0.15) is 5.82 Å². The quantitative estimate of drug-likeness (QED) is 0.842. The minimum atomic E-state index is -0.153. The minimum absolute atomic E-state index is 0.110. The summed E-state index contributed by atoms with van der Waals surface area (Å²) in [5, 5.41) is 2.85. The van der Waals surface area contributed by atoms with Crippen LogP contribution >= 0.6 is 0 Å². The summed E-state index contributed by atoms with van der Waals surface area (Å²) < 4.78 is 0. The van der Waals surface area contributed by atoms with E-state index in [-0.39, 0.29) is 11.3 Å². The molecule has 0 bridgehead atoms. The van der Waals surface area contributed by atoms with E-state index in [1.54, 1.807) is 12.4 Å². The molecule has 5 heteroatoms. The Hall–Kier alpha value is -2.27. The third kappa shape index (κ3) is 5.36. The van der Waals surface area contributed by atoms with Crippen LogP contribution in [0.25, 0.3) is 0 Å². The van der Waals surface area contributed by atoms with Crippen molar-refractivity contribution in [3.63, 3.8) is 0 Å². The van der Waals surface area contributed by atoms with Crippen LogP contribution in [-0.4, -0.2) is 33.4 Å². The first-order valence-corrected chi connectivity index (χ1v) is 9.17. The number of rotatable bonds is 6. The van der Waals surface area contributed by atoms with Gasteiger partial charge in [0.05, 0.1) is 18.1 Å². The molecule has 1 aromatic carbocycles. The van der Waals surface area contributed by atoms with Crippen molar-refractivity contribution in [3.8, 4) is 0 Å². The Morgan fingerprint density at radius 2 is 1.69 bits per heavy atom. The van der Waals surface area contributed by atoms with E-state index in [9.17, 15) is 4.79 Å². The number of nitrogens with zero attached hydrogens (tertiary/aromatic N) is 3. The predicted octanol–water partition coefficient (Wildman–Crippen LogP) is 4.26. The molecule has 1 N–H and O–H groups in total. The smallest absolute Gasteiger partial charge is 0.255 e. The van der Waals surface area contributed by atoms with Gasteiger partial charge >= 0.3 is 0 Å². The normalized spacial score (nSPS) is 11.8. The molecule has 2 aromatic rings. The zero-order valence-corrected chi connectivity index (χ0v) is 16.7. The van der Waals surface area contributed by atoms with E-state index in [4.69, 9.17) is 0 Å². The van der Waals surface area contributed by atoms with Crippen LogP contribution in [0.1, 0.15) is 63.3 Å².